The van der Waals surface area contributed by atoms with E-state index in [2.05, 4.69) is 15.9 Å². The van der Waals surface area contributed by atoms with Crippen LogP contribution in [0.15, 0.2) is 40.9 Å². The third-order valence-electron chi connectivity index (χ3n) is 2.78. The van der Waals surface area contributed by atoms with Crippen LogP contribution >= 0.6 is 15.9 Å². The number of nitrogens with zero attached hydrogens (tertiary/aromatic N) is 1. The van der Waals surface area contributed by atoms with E-state index in [9.17, 15) is 9.50 Å². The van der Waals surface area contributed by atoms with Crippen molar-refractivity contribution in [3.63, 3.8) is 0 Å². The number of aliphatic hydroxyl groups is 1. The van der Waals surface area contributed by atoms with Crippen molar-refractivity contribution >= 4 is 15.9 Å². The molecule has 0 bridgehead atoms. The number of nitriles is 1. The van der Waals surface area contributed by atoms with Crippen LogP contribution < -0.4 is 4.74 Å². The van der Waals surface area contributed by atoms with Gasteiger partial charge in [-0.15, -0.1) is 0 Å². The Hall–Kier alpha value is -1.90. The first-order valence-electron chi connectivity index (χ1n) is 5.85. The first-order valence-corrected chi connectivity index (χ1v) is 6.64. The molecular weight excluding hydrogens is 325 g/mol. The van der Waals surface area contributed by atoms with Gasteiger partial charge in [-0.2, -0.15) is 5.26 Å². The predicted molar refractivity (Wildman–Crippen MR) is 75.5 cm³/mol. The Labute approximate surface area is 124 Å². The standard InChI is InChI=1S/C15H11BrFNO2/c16-13-4-5-14(12(6-13)8-19)20-9-11-3-1-2-10(7-18)15(11)17/h1-6,19H,8-9H2. The summed E-state index contributed by atoms with van der Waals surface area (Å²) in [5.74, 6) is -0.0879. The quantitative estimate of drug-likeness (QED) is 0.929. The summed E-state index contributed by atoms with van der Waals surface area (Å²) in [7, 11) is 0. The highest BCUT2D eigenvalue weighted by molar-refractivity contribution is 9.10. The lowest BCUT2D eigenvalue weighted by Crippen LogP contribution is -2.02. The molecule has 0 aliphatic carbocycles. The van der Waals surface area contributed by atoms with Crippen molar-refractivity contribution in [2.75, 3.05) is 0 Å². The van der Waals surface area contributed by atoms with Crippen LogP contribution in [0.3, 0.4) is 0 Å². The summed E-state index contributed by atoms with van der Waals surface area (Å²) in [6.07, 6.45) is 0. The molecule has 0 saturated heterocycles. The van der Waals surface area contributed by atoms with E-state index in [1.165, 1.54) is 6.07 Å². The van der Waals surface area contributed by atoms with Gasteiger partial charge < -0.3 is 9.84 Å². The second-order valence-corrected chi connectivity index (χ2v) is 5.00. The first-order chi connectivity index (χ1) is 9.65. The minimum absolute atomic E-state index is 0.00398. The Morgan fingerprint density at radius 2 is 2.05 bits per heavy atom. The third-order valence-corrected chi connectivity index (χ3v) is 3.27. The van der Waals surface area contributed by atoms with Crippen molar-refractivity contribution in [2.24, 2.45) is 0 Å². The molecule has 0 aliphatic heterocycles. The summed E-state index contributed by atoms with van der Waals surface area (Å²) in [4.78, 5) is 0. The van der Waals surface area contributed by atoms with Crippen LogP contribution in [-0.4, -0.2) is 5.11 Å². The SMILES string of the molecule is N#Cc1cccc(COc2ccc(Br)cc2CO)c1F. The van der Waals surface area contributed by atoms with E-state index in [0.29, 0.717) is 16.9 Å². The molecule has 0 atom stereocenters. The average molecular weight is 336 g/mol. The molecule has 102 valence electrons. The summed E-state index contributed by atoms with van der Waals surface area (Å²) in [6, 6.07) is 11.6. The van der Waals surface area contributed by atoms with Crippen LogP contribution in [0.1, 0.15) is 16.7 Å². The molecule has 3 nitrogen and oxygen atoms in total. The van der Waals surface area contributed by atoms with Gasteiger partial charge >= 0.3 is 0 Å². The highest BCUT2D eigenvalue weighted by atomic mass is 79.9. The van der Waals surface area contributed by atoms with E-state index < -0.39 is 5.82 Å². The zero-order valence-corrected chi connectivity index (χ0v) is 12.0. The maximum Gasteiger partial charge on any atom is 0.147 e. The number of hydrogen-bond acceptors (Lipinski definition) is 3. The van der Waals surface area contributed by atoms with E-state index in [-0.39, 0.29) is 18.8 Å². The zero-order chi connectivity index (χ0) is 14.5. The van der Waals surface area contributed by atoms with Crippen molar-refractivity contribution < 1.29 is 14.2 Å². The molecule has 0 aromatic heterocycles. The molecular formula is C15H11BrFNO2. The topological polar surface area (TPSA) is 53.2 Å². The van der Waals surface area contributed by atoms with Crippen molar-refractivity contribution in [3.05, 3.63) is 63.4 Å². The van der Waals surface area contributed by atoms with E-state index in [1.54, 1.807) is 36.4 Å². The summed E-state index contributed by atoms with van der Waals surface area (Å²) in [5, 5.41) is 18.0. The Kier molecular flexibility index (Phi) is 4.72. The van der Waals surface area contributed by atoms with Crippen LogP contribution in [0, 0.1) is 17.1 Å². The van der Waals surface area contributed by atoms with E-state index in [4.69, 9.17) is 10.00 Å². The molecule has 20 heavy (non-hydrogen) atoms. The highest BCUT2D eigenvalue weighted by Gasteiger charge is 2.09. The number of aliphatic hydroxyl groups excluding tert-OH is 1. The van der Waals surface area contributed by atoms with Gasteiger partial charge in [0.15, 0.2) is 0 Å². The fourth-order valence-electron chi connectivity index (χ4n) is 1.75. The first kappa shape index (κ1) is 14.5. The molecule has 0 amide bonds. The van der Waals surface area contributed by atoms with E-state index in [0.717, 1.165) is 4.47 Å². The molecule has 0 saturated carbocycles. The van der Waals surface area contributed by atoms with Gasteiger partial charge in [-0.25, -0.2) is 4.39 Å². The smallest absolute Gasteiger partial charge is 0.147 e. The highest BCUT2D eigenvalue weighted by Crippen LogP contribution is 2.24. The molecule has 5 heteroatoms. The summed E-state index contributed by atoms with van der Waals surface area (Å²) in [5.41, 5.74) is 0.899. The number of rotatable bonds is 4. The van der Waals surface area contributed by atoms with Crippen LogP contribution in [-0.2, 0) is 13.2 Å². The molecule has 0 spiro atoms. The van der Waals surface area contributed by atoms with Gasteiger partial charge in [-0.1, -0.05) is 28.1 Å². The molecule has 2 aromatic rings. The van der Waals surface area contributed by atoms with Gasteiger partial charge in [-0.05, 0) is 24.3 Å². The lowest BCUT2D eigenvalue weighted by atomic mass is 10.1. The normalized spacial score (nSPS) is 10.1. The largest absolute Gasteiger partial charge is 0.488 e. The van der Waals surface area contributed by atoms with Gasteiger partial charge in [0.2, 0.25) is 0 Å². The molecule has 2 rings (SSSR count). The van der Waals surface area contributed by atoms with Crippen LogP contribution in [0.5, 0.6) is 5.75 Å². The Morgan fingerprint density at radius 3 is 2.75 bits per heavy atom. The fraction of sp³-hybridized carbons (Fsp3) is 0.133. The monoisotopic (exact) mass is 335 g/mol. The Balaban J connectivity index is 2.19. The summed E-state index contributed by atoms with van der Waals surface area (Å²) >= 11 is 3.30. The molecule has 1 N–H and O–H groups in total. The Bertz CT molecular complexity index is 667. The van der Waals surface area contributed by atoms with Crippen LogP contribution in [0.4, 0.5) is 4.39 Å². The number of hydrogen-bond donors (Lipinski definition) is 1. The lowest BCUT2D eigenvalue weighted by molar-refractivity contribution is 0.257. The average Bonchev–Trinajstić information content (AvgIpc) is 2.47. The minimum atomic E-state index is -0.572. The molecule has 0 fully saturated rings. The number of halogens is 2. The van der Waals surface area contributed by atoms with E-state index >= 15 is 0 Å². The van der Waals surface area contributed by atoms with Gasteiger partial charge in [0.1, 0.15) is 24.2 Å². The van der Waals surface area contributed by atoms with Gasteiger partial charge in [0.25, 0.3) is 0 Å². The lowest BCUT2D eigenvalue weighted by Gasteiger charge is -2.11. The molecule has 0 unspecified atom stereocenters. The van der Waals surface area contributed by atoms with Crippen LogP contribution in [0.25, 0.3) is 0 Å². The maximum atomic E-state index is 13.9. The van der Waals surface area contributed by atoms with Crippen molar-refractivity contribution in [2.45, 2.75) is 13.2 Å². The van der Waals surface area contributed by atoms with Gasteiger partial charge in [-0.3, -0.25) is 0 Å². The number of benzene rings is 2. The zero-order valence-electron chi connectivity index (χ0n) is 10.4. The minimum Gasteiger partial charge on any atom is -0.488 e. The molecule has 0 aliphatic rings. The summed E-state index contributed by atoms with van der Waals surface area (Å²) < 4.78 is 20.2. The fourth-order valence-corrected chi connectivity index (χ4v) is 2.15. The predicted octanol–water partition coefficient (Wildman–Crippen LogP) is 3.53. The second kappa shape index (κ2) is 6.51. The van der Waals surface area contributed by atoms with Crippen molar-refractivity contribution in [1.82, 2.24) is 0 Å². The van der Waals surface area contributed by atoms with E-state index in [1.807, 2.05) is 0 Å². The van der Waals surface area contributed by atoms with Crippen molar-refractivity contribution in [1.29, 1.82) is 5.26 Å². The molecule has 0 radical (unpaired) electrons. The number of ether oxygens (including phenoxy) is 1. The molecule has 2 aromatic carbocycles. The van der Waals surface area contributed by atoms with Gasteiger partial charge in [0.05, 0.1) is 12.2 Å². The van der Waals surface area contributed by atoms with Crippen molar-refractivity contribution in [3.8, 4) is 11.8 Å². The molecule has 0 heterocycles. The maximum absolute atomic E-state index is 13.9. The Morgan fingerprint density at radius 1 is 1.25 bits per heavy atom. The second-order valence-electron chi connectivity index (χ2n) is 4.09. The third kappa shape index (κ3) is 3.16. The van der Waals surface area contributed by atoms with Gasteiger partial charge in [0, 0.05) is 15.6 Å². The summed E-state index contributed by atoms with van der Waals surface area (Å²) in [6.45, 7) is -0.175. The van der Waals surface area contributed by atoms with Crippen LogP contribution in [0.2, 0.25) is 0 Å².